The number of hydrogen-bond acceptors (Lipinski definition) is 4. The molecule has 0 unspecified atom stereocenters. The van der Waals surface area contributed by atoms with E-state index in [1.54, 1.807) is 38.1 Å². The second-order valence-corrected chi connectivity index (χ2v) is 7.50. The molecule has 2 N–H and O–H groups in total. The third kappa shape index (κ3) is 3.76. The Labute approximate surface area is 171 Å². The second-order valence-electron chi connectivity index (χ2n) is 7.50. The van der Waals surface area contributed by atoms with Crippen LogP contribution < -0.4 is 10.9 Å². The summed E-state index contributed by atoms with van der Waals surface area (Å²) in [6, 6.07) is 1.60. The van der Waals surface area contributed by atoms with E-state index in [9.17, 15) is 32.7 Å². The van der Waals surface area contributed by atoms with Crippen LogP contribution in [0.5, 0.6) is 0 Å². The van der Waals surface area contributed by atoms with E-state index in [-0.39, 0.29) is 24.4 Å². The van der Waals surface area contributed by atoms with E-state index in [2.05, 4.69) is 0 Å². The SMILES string of the molecule is C/C=C/c1ccc2n(c1=O)C[C@H]1[C@H](CO)[C@@H](C(=O)NCC(F)(F)F)[C@@H]2N1C(=O)CC. The highest BCUT2D eigenvalue weighted by atomic mass is 19.4. The van der Waals surface area contributed by atoms with Crippen molar-refractivity contribution in [2.24, 2.45) is 11.8 Å². The van der Waals surface area contributed by atoms with Gasteiger partial charge in [0.25, 0.3) is 5.56 Å². The molecule has 164 valence electrons. The number of carbonyl (C=O) groups excluding carboxylic acids is 2. The standard InChI is InChI=1S/C20H24F3N3O4/c1-3-5-11-6-7-13-17-16(18(29)24-10-20(21,22)23)12(9-27)14(8-25(13)19(11)30)26(17)15(28)4-2/h3,5-7,12,14,16-17,27H,4,8-10H2,1-2H3,(H,24,29)/b5-3+/t12-,14-,16+,17+/m0/s1. The highest BCUT2D eigenvalue weighted by molar-refractivity contribution is 5.84. The Morgan fingerprint density at radius 2 is 2.03 bits per heavy atom. The molecule has 0 aromatic carbocycles. The molecule has 1 aromatic heterocycles. The Hall–Kier alpha value is -2.62. The number of allylic oxidation sites excluding steroid dienone is 1. The Morgan fingerprint density at radius 3 is 2.60 bits per heavy atom. The fourth-order valence-electron chi connectivity index (χ4n) is 4.56. The first kappa shape index (κ1) is 22.1. The maximum atomic E-state index is 12.9. The molecule has 2 aliphatic rings. The summed E-state index contributed by atoms with van der Waals surface area (Å²) in [7, 11) is 0. The molecular weight excluding hydrogens is 403 g/mol. The van der Waals surface area contributed by atoms with E-state index in [0.29, 0.717) is 11.3 Å². The van der Waals surface area contributed by atoms with E-state index in [0.717, 1.165) is 0 Å². The Balaban J connectivity index is 2.11. The van der Waals surface area contributed by atoms with E-state index >= 15 is 0 Å². The highest BCUT2D eigenvalue weighted by Crippen LogP contribution is 2.48. The van der Waals surface area contributed by atoms with Gasteiger partial charge in [0, 0.05) is 36.7 Å². The smallest absolute Gasteiger partial charge is 0.396 e. The molecule has 1 fully saturated rings. The minimum atomic E-state index is -4.59. The van der Waals surface area contributed by atoms with Crippen molar-refractivity contribution < 1.29 is 27.9 Å². The van der Waals surface area contributed by atoms with Gasteiger partial charge in [-0.25, -0.2) is 0 Å². The van der Waals surface area contributed by atoms with Gasteiger partial charge in [0.15, 0.2) is 0 Å². The fourth-order valence-corrected chi connectivity index (χ4v) is 4.56. The van der Waals surface area contributed by atoms with Gasteiger partial charge in [-0.15, -0.1) is 0 Å². The van der Waals surface area contributed by atoms with Gasteiger partial charge in [0.05, 0.1) is 18.0 Å². The molecule has 10 heteroatoms. The molecule has 0 spiro atoms. The Morgan fingerprint density at radius 1 is 1.33 bits per heavy atom. The zero-order valence-corrected chi connectivity index (χ0v) is 16.6. The highest BCUT2D eigenvalue weighted by Gasteiger charge is 2.57. The molecule has 2 amide bonds. The predicted octanol–water partition coefficient (Wildman–Crippen LogP) is 1.46. The Bertz CT molecular complexity index is 925. The summed E-state index contributed by atoms with van der Waals surface area (Å²) in [4.78, 5) is 39.8. The lowest BCUT2D eigenvalue weighted by Gasteiger charge is -2.38. The molecular formula is C20H24F3N3O4. The molecule has 2 aliphatic heterocycles. The number of alkyl halides is 3. The van der Waals surface area contributed by atoms with Crippen LogP contribution in [0.4, 0.5) is 13.2 Å². The minimum Gasteiger partial charge on any atom is -0.396 e. The van der Waals surface area contributed by atoms with Gasteiger partial charge in [-0.2, -0.15) is 13.2 Å². The molecule has 30 heavy (non-hydrogen) atoms. The van der Waals surface area contributed by atoms with Crippen molar-refractivity contribution in [2.45, 2.75) is 45.1 Å². The number of pyridine rings is 1. The largest absolute Gasteiger partial charge is 0.405 e. The van der Waals surface area contributed by atoms with Crippen LogP contribution in [0.15, 0.2) is 23.0 Å². The number of nitrogens with zero attached hydrogens (tertiary/aromatic N) is 2. The van der Waals surface area contributed by atoms with Crippen LogP contribution in [0.25, 0.3) is 6.08 Å². The lowest BCUT2D eigenvalue weighted by atomic mass is 9.86. The zero-order chi connectivity index (χ0) is 22.2. The second kappa shape index (κ2) is 8.25. The minimum absolute atomic E-state index is 0.0656. The molecule has 3 heterocycles. The topological polar surface area (TPSA) is 91.6 Å². The average molecular weight is 427 g/mol. The maximum Gasteiger partial charge on any atom is 0.405 e. The van der Waals surface area contributed by atoms with Gasteiger partial charge in [-0.05, 0) is 19.1 Å². The first-order valence-electron chi connectivity index (χ1n) is 9.77. The molecule has 4 atom stereocenters. The van der Waals surface area contributed by atoms with Crippen molar-refractivity contribution in [3.05, 3.63) is 39.8 Å². The van der Waals surface area contributed by atoms with E-state index in [1.807, 2.05) is 5.32 Å². The number of amides is 2. The number of aromatic nitrogens is 1. The summed E-state index contributed by atoms with van der Waals surface area (Å²) >= 11 is 0. The molecule has 1 aromatic rings. The zero-order valence-electron chi connectivity index (χ0n) is 16.6. The normalized spacial score (nSPS) is 25.5. The summed E-state index contributed by atoms with van der Waals surface area (Å²) in [5, 5.41) is 11.9. The van der Waals surface area contributed by atoms with Crippen LogP contribution in [-0.4, -0.2) is 51.8 Å². The van der Waals surface area contributed by atoms with E-state index in [1.165, 1.54) is 9.47 Å². The maximum absolute atomic E-state index is 12.9. The van der Waals surface area contributed by atoms with Crippen LogP contribution in [0.3, 0.4) is 0 Å². The van der Waals surface area contributed by atoms with E-state index in [4.69, 9.17) is 0 Å². The van der Waals surface area contributed by atoms with Crippen LogP contribution in [0.1, 0.15) is 37.6 Å². The van der Waals surface area contributed by atoms with Crippen LogP contribution in [0, 0.1) is 11.8 Å². The summed E-state index contributed by atoms with van der Waals surface area (Å²) in [5.41, 5.74) is 0.501. The number of hydrogen-bond donors (Lipinski definition) is 2. The van der Waals surface area contributed by atoms with Crippen molar-refractivity contribution in [3.63, 3.8) is 0 Å². The number of halogens is 3. The number of fused-ring (bicyclic) bond motifs is 4. The van der Waals surface area contributed by atoms with Crippen LogP contribution >= 0.6 is 0 Å². The van der Waals surface area contributed by atoms with Crippen molar-refractivity contribution >= 4 is 17.9 Å². The first-order chi connectivity index (χ1) is 14.1. The molecule has 0 saturated carbocycles. The quantitative estimate of drug-likeness (QED) is 0.744. The fraction of sp³-hybridized carbons (Fsp3) is 0.550. The number of rotatable bonds is 5. The predicted molar refractivity (Wildman–Crippen MR) is 102 cm³/mol. The molecule has 0 radical (unpaired) electrons. The lowest BCUT2D eigenvalue weighted by Crippen LogP contribution is -2.49. The molecule has 3 rings (SSSR count). The van der Waals surface area contributed by atoms with Gasteiger partial charge >= 0.3 is 6.18 Å². The summed E-state index contributed by atoms with van der Waals surface area (Å²) < 4.78 is 39.4. The third-order valence-corrected chi connectivity index (χ3v) is 5.78. The molecule has 0 aliphatic carbocycles. The lowest BCUT2D eigenvalue weighted by molar-refractivity contribution is -0.143. The summed E-state index contributed by atoms with van der Waals surface area (Å²) in [6.07, 6.45) is -1.12. The Kier molecular flexibility index (Phi) is 6.07. The first-order valence-corrected chi connectivity index (χ1v) is 9.77. The van der Waals surface area contributed by atoms with Gasteiger partial charge < -0.3 is 19.9 Å². The number of carbonyl (C=O) groups is 2. The number of aliphatic hydroxyl groups is 1. The van der Waals surface area contributed by atoms with Gasteiger partial charge in [0.2, 0.25) is 11.8 Å². The van der Waals surface area contributed by atoms with Crippen LogP contribution in [0.2, 0.25) is 0 Å². The van der Waals surface area contributed by atoms with Crippen LogP contribution in [-0.2, 0) is 16.1 Å². The average Bonchev–Trinajstić information content (AvgIpc) is 2.94. The van der Waals surface area contributed by atoms with Crippen molar-refractivity contribution in [2.75, 3.05) is 13.2 Å². The van der Waals surface area contributed by atoms with E-state index < -0.39 is 49.2 Å². The molecule has 2 bridgehead atoms. The van der Waals surface area contributed by atoms with Gasteiger partial charge in [-0.1, -0.05) is 19.1 Å². The monoisotopic (exact) mass is 427 g/mol. The molecule has 7 nitrogen and oxygen atoms in total. The number of aliphatic hydroxyl groups excluding tert-OH is 1. The summed E-state index contributed by atoms with van der Waals surface area (Å²) in [6.45, 7) is 1.47. The third-order valence-electron chi connectivity index (χ3n) is 5.78. The number of nitrogens with one attached hydrogen (secondary N) is 1. The van der Waals surface area contributed by atoms with Crippen molar-refractivity contribution in [3.8, 4) is 0 Å². The van der Waals surface area contributed by atoms with Crippen molar-refractivity contribution in [1.82, 2.24) is 14.8 Å². The van der Waals surface area contributed by atoms with Crippen molar-refractivity contribution in [1.29, 1.82) is 0 Å². The van der Waals surface area contributed by atoms with Gasteiger partial charge in [-0.3, -0.25) is 14.4 Å². The summed E-state index contributed by atoms with van der Waals surface area (Å²) in [5.74, 6) is -3.07. The van der Waals surface area contributed by atoms with Gasteiger partial charge in [0.1, 0.15) is 6.54 Å². The molecule has 1 saturated heterocycles.